The molecule has 0 radical (unpaired) electrons. The average Bonchev–Trinajstić information content (AvgIpc) is 2.22. The summed E-state index contributed by atoms with van der Waals surface area (Å²) in [6.07, 6.45) is 1.45. The maximum absolute atomic E-state index is 11.4. The van der Waals surface area contributed by atoms with Gasteiger partial charge in [-0.3, -0.25) is 5.32 Å². The number of nitrogens with one attached hydrogen (secondary N) is 2. The zero-order valence-electron chi connectivity index (χ0n) is 9.21. The van der Waals surface area contributed by atoms with E-state index in [0.717, 1.165) is 25.9 Å². The molecular weight excluding hydrogens is 206 g/mol. The van der Waals surface area contributed by atoms with Crippen molar-refractivity contribution in [1.82, 2.24) is 15.5 Å². The van der Waals surface area contributed by atoms with Crippen molar-refractivity contribution >= 4 is 6.03 Å². The molecule has 2 amide bonds. The van der Waals surface area contributed by atoms with E-state index >= 15 is 0 Å². The molecule has 86 valence electrons. The third kappa shape index (κ3) is 1.59. The molecule has 6 nitrogen and oxygen atoms in total. The molecule has 0 aliphatic carbocycles. The van der Waals surface area contributed by atoms with Crippen molar-refractivity contribution in [1.29, 1.82) is 5.26 Å². The largest absolute Gasteiger partial charge is 0.384 e. The van der Waals surface area contributed by atoms with Crippen LogP contribution in [0.5, 0.6) is 0 Å². The van der Waals surface area contributed by atoms with E-state index in [1.165, 1.54) is 0 Å². The summed E-state index contributed by atoms with van der Waals surface area (Å²) in [7, 11) is 2.02. The number of urea groups is 1. The smallest absolute Gasteiger partial charge is 0.321 e. The number of nitrogens with zero attached hydrogens (tertiary/aromatic N) is 2. The van der Waals surface area contributed by atoms with Crippen LogP contribution in [-0.2, 0) is 0 Å². The van der Waals surface area contributed by atoms with E-state index in [1.54, 1.807) is 0 Å². The second kappa shape index (κ2) is 3.68. The fraction of sp³-hybridized carbons (Fsp3) is 0.600. The first-order valence-corrected chi connectivity index (χ1v) is 5.25. The summed E-state index contributed by atoms with van der Waals surface area (Å²) in [4.78, 5) is 13.6. The van der Waals surface area contributed by atoms with Gasteiger partial charge in [0.25, 0.3) is 0 Å². The van der Waals surface area contributed by atoms with Gasteiger partial charge >= 0.3 is 6.03 Å². The summed E-state index contributed by atoms with van der Waals surface area (Å²) in [6, 6.07) is 1.79. The lowest BCUT2D eigenvalue weighted by molar-refractivity contribution is 0.175. The second-order valence-electron chi connectivity index (χ2n) is 4.36. The van der Waals surface area contributed by atoms with Crippen LogP contribution in [0.1, 0.15) is 12.8 Å². The third-order valence-corrected chi connectivity index (χ3v) is 3.30. The van der Waals surface area contributed by atoms with E-state index in [0.29, 0.717) is 5.57 Å². The SMILES string of the molecule is CN1CCC2(CC1)NC(=O)NC(N)=C2C#N. The molecule has 0 bridgehead atoms. The van der Waals surface area contributed by atoms with E-state index in [4.69, 9.17) is 11.0 Å². The molecular formula is C10H15N5O. The number of likely N-dealkylation sites (tertiary alicyclic amines) is 1. The highest BCUT2D eigenvalue weighted by Crippen LogP contribution is 2.31. The Morgan fingerprint density at radius 2 is 2.12 bits per heavy atom. The number of carbonyl (C=O) groups is 1. The van der Waals surface area contributed by atoms with Gasteiger partial charge in [0, 0.05) is 13.1 Å². The van der Waals surface area contributed by atoms with Gasteiger partial charge in [0.15, 0.2) is 0 Å². The van der Waals surface area contributed by atoms with Crippen LogP contribution in [0.2, 0.25) is 0 Å². The number of hydrogen-bond donors (Lipinski definition) is 3. The predicted octanol–water partition coefficient (Wildman–Crippen LogP) is -0.543. The number of hydrogen-bond acceptors (Lipinski definition) is 4. The van der Waals surface area contributed by atoms with Gasteiger partial charge in [-0.15, -0.1) is 0 Å². The average molecular weight is 221 g/mol. The van der Waals surface area contributed by atoms with Crippen molar-refractivity contribution in [2.45, 2.75) is 18.4 Å². The number of rotatable bonds is 0. The summed E-state index contributed by atoms with van der Waals surface area (Å²) >= 11 is 0. The van der Waals surface area contributed by atoms with Gasteiger partial charge in [-0.2, -0.15) is 5.26 Å². The lowest BCUT2D eigenvalue weighted by Crippen LogP contribution is -2.62. The van der Waals surface area contributed by atoms with Crippen LogP contribution in [-0.4, -0.2) is 36.6 Å². The molecule has 4 N–H and O–H groups in total. The van der Waals surface area contributed by atoms with E-state index < -0.39 is 5.54 Å². The first kappa shape index (κ1) is 10.8. The topological polar surface area (TPSA) is 94.2 Å². The monoisotopic (exact) mass is 221 g/mol. The van der Waals surface area contributed by atoms with Gasteiger partial charge < -0.3 is 16.0 Å². The summed E-state index contributed by atoms with van der Waals surface area (Å²) in [5.74, 6) is 0.191. The van der Waals surface area contributed by atoms with Crippen molar-refractivity contribution in [2.75, 3.05) is 20.1 Å². The summed E-state index contributed by atoms with van der Waals surface area (Å²) in [5, 5.41) is 14.4. The lowest BCUT2D eigenvalue weighted by Gasteiger charge is -2.43. The molecule has 0 aromatic carbocycles. The molecule has 0 aromatic heterocycles. The van der Waals surface area contributed by atoms with Gasteiger partial charge in [0.1, 0.15) is 11.9 Å². The highest BCUT2D eigenvalue weighted by atomic mass is 16.2. The number of piperidine rings is 1. The lowest BCUT2D eigenvalue weighted by atomic mass is 9.80. The van der Waals surface area contributed by atoms with Gasteiger partial charge in [-0.05, 0) is 19.9 Å². The predicted molar refractivity (Wildman–Crippen MR) is 58.0 cm³/mol. The fourth-order valence-corrected chi connectivity index (χ4v) is 2.30. The van der Waals surface area contributed by atoms with Crippen molar-refractivity contribution in [3.05, 3.63) is 11.4 Å². The molecule has 0 unspecified atom stereocenters. The molecule has 2 heterocycles. The van der Waals surface area contributed by atoms with E-state index in [-0.39, 0.29) is 11.9 Å². The summed E-state index contributed by atoms with van der Waals surface area (Å²) in [6.45, 7) is 1.69. The van der Waals surface area contributed by atoms with E-state index in [9.17, 15) is 4.79 Å². The normalized spacial score (nSPS) is 24.9. The van der Waals surface area contributed by atoms with Gasteiger partial charge in [-0.25, -0.2) is 4.79 Å². The minimum Gasteiger partial charge on any atom is -0.384 e. The first-order valence-electron chi connectivity index (χ1n) is 5.25. The molecule has 2 aliphatic heterocycles. The van der Waals surface area contributed by atoms with Crippen LogP contribution in [0, 0.1) is 11.3 Å². The second-order valence-corrected chi connectivity index (χ2v) is 4.36. The summed E-state index contributed by atoms with van der Waals surface area (Å²) < 4.78 is 0. The zero-order chi connectivity index (χ0) is 11.8. The maximum atomic E-state index is 11.4. The van der Waals surface area contributed by atoms with Crippen molar-refractivity contribution in [2.24, 2.45) is 5.73 Å². The van der Waals surface area contributed by atoms with E-state index in [1.807, 2.05) is 7.05 Å². The highest BCUT2D eigenvalue weighted by molar-refractivity contribution is 5.80. The molecule has 16 heavy (non-hydrogen) atoms. The first-order chi connectivity index (χ1) is 7.57. The Morgan fingerprint density at radius 1 is 1.50 bits per heavy atom. The zero-order valence-corrected chi connectivity index (χ0v) is 9.21. The number of nitriles is 1. The number of carbonyl (C=O) groups excluding carboxylic acids is 1. The molecule has 1 saturated heterocycles. The molecule has 0 saturated carbocycles. The van der Waals surface area contributed by atoms with Gasteiger partial charge in [-0.1, -0.05) is 0 Å². The summed E-state index contributed by atoms with van der Waals surface area (Å²) in [5.41, 5.74) is 5.59. The van der Waals surface area contributed by atoms with Crippen molar-refractivity contribution in [3.63, 3.8) is 0 Å². The molecule has 2 aliphatic rings. The van der Waals surface area contributed by atoms with Crippen LogP contribution in [0.4, 0.5) is 4.79 Å². The Balaban J connectivity index is 2.35. The molecule has 1 spiro atoms. The molecule has 0 atom stereocenters. The fourth-order valence-electron chi connectivity index (χ4n) is 2.30. The van der Waals surface area contributed by atoms with Crippen LogP contribution in [0.25, 0.3) is 0 Å². The molecule has 1 fully saturated rings. The Morgan fingerprint density at radius 3 is 2.69 bits per heavy atom. The van der Waals surface area contributed by atoms with Gasteiger partial charge in [0.05, 0.1) is 11.1 Å². The van der Waals surface area contributed by atoms with E-state index in [2.05, 4.69) is 21.6 Å². The Bertz CT molecular complexity index is 387. The maximum Gasteiger partial charge on any atom is 0.321 e. The Hall–Kier alpha value is -1.74. The van der Waals surface area contributed by atoms with Crippen LogP contribution in [0.15, 0.2) is 11.4 Å². The van der Waals surface area contributed by atoms with Gasteiger partial charge in [0.2, 0.25) is 0 Å². The third-order valence-electron chi connectivity index (χ3n) is 3.30. The van der Waals surface area contributed by atoms with Crippen LogP contribution in [0.3, 0.4) is 0 Å². The van der Waals surface area contributed by atoms with Crippen molar-refractivity contribution < 1.29 is 4.79 Å². The Kier molecular flexibility index (Phi) is 2.48. The highest BCUT2D eigenvalue weighted by Gasteiger charge is 2.43. The molecule has 6 heteroatoms. The van der Waals surface area contributed by atoms with Crippen LogP contribution < -0.4 is 16.4 Å². The number of amides is 2. The quantitative estimate of drug-likeness (QED) is 0.512. The van der Waals surface area contributed by atoms with Crippen LogP contribution >= 0.6 is 0 Å². The minimum atomic E-state index is -0.562. The minimum absolute atomic E-state index is 0.191. The molecule has 0 aromatic rings. The molecule has 2 rings (SSSR count). The Labute approximate surface area is 94.1 Å². The standard InChI is InChI=1S/C10H15N5O/c1-15-4-2-10(3-5-15)7(6-11)8(12)13-9(16)14-10/h2-5,12H2,1H3,(H2,13,14,16). The number of nitrogens with two attached hydrogens (primary N) is 1. The van der Waals surface area contributed by atoms with Crippen molar-refractivity contribution in [3.8, 4) is 6.07 Å².